The van der Waals surface area contributed by atoms with Crippen molar-refractivity contribution in [3.63, 3.8) is 0 Å². The molecule has 0 spiro atoms. The standard InChI is InChI=1S/C27H29F3N4O3/c1-36-23-13-21-22(14-24(23)37-16-27(28,29)30)32-17-33-26(21)34-20-10-7-18(8-11-20)9-12-25(35)31-15-19-5-3-2-4-6-19/h7-14,17,19H,2-6,15-16H2,1H3,(H,31,35)(H,32,33,34)/b12-9+. The Bertz CT molecular complexity index is 1240. The Morgan fingerprint density at radius 3 is 2.54 bits per heavy atom. The van der Waals surface area contributed by atoms with Gasteiger partial charge in [0.15, 0.2) is 18.1 Å². The number of hydrogen-bond acceptors (Lipinski definition) is 6. The summed E-state index contributed by atoms with van der Waals surface area (Å²) >= 11 is 0. The summed E-state index contributed by atoms with van der Waals surface area (Å²) < 4.78 is 47.9. The SMILES string of the molecule is COc1cc2c(Nc3ccc(/C=C/C(=O)NCC4CCCCC4)cc3)ncnc2cc1OCC(F)(F)F. The molecule has 0 unspecified atom stereocenters. The number of ether oxygens (including phenoxy) is 2. The number of rotatable bonds is 9. The molecule has 10 heteroatoms. The van der Waals surface area contributed by atoms with Crippen LogP contribution in [0, 0.1) is 5.92 Å². The lowest BCUT2D eigenvalue weighted by molar-refractivity contribution is -0.153. The van der Waals surface area contributed by atoms with E-state index in [0.29, 0.717) is 22.6 Å². The number of fused-ring (bicyclic) bond motifs is 1. The first-order valence-electron chi connectivity index (χ1n) is 12.2. The third-order valence-corrected chi connectivity index (χ3v) is 6.20. The molecule has 4 rings (SSSR count). The molecule has 37 heavy (non-hydrogen) atoms. The maximum atomic E-state index is 12.6. The Morgan fingerprint density at radius 2 is 1.84 bits per heavy atom. The van der Waals surface area contributed by atoms with Crippen LogP contribution in [0.4, 0.5) is 24.7 Å². The van der Waals surface area contributed by atoms with Gasteiger partial charge in [-0.3, -0.25) is 4.79 Å². The van der Waals surface area contributed by atoms with E-state index in [1.807, 2.05) is 24.3 Å². The number of nitrogens with zero attached hydrogens (tertiary/aromatic N) is 2. The maximum absolute atomic E-state index is 12.6. The van der Waals surface area contributed by atoms with Crippen LogP contribution in [0.5, 0.6) is 11.5 Å². The highest BCUT2D eigenvalue weighted by Crippen LogP contribution is 2.35. The molecule has 2 aromatic carbocycles. The summed E-state index contributed by atoms with van der Waals surface area (Å²) in [6.07, 6.45) is 6.27. The van der Waals surface area contributed by atoms with E-state index in [0.717, 1.165) is 17.8 Å². The Hall–Kier alpha value is -3.82. The Morgan fingerprint density at radius 1 is 1.08 bits per heavy atom. The quantitative estimate of drug-likeness (QED) is 0.339. The zero-order valence-electron chi connectivity index (χ0n) is 20.5. The molecule has 196 valence electrons. The molecule has 1 aromatic heterocycles. The monoisotopic (exact) mass is 514 g/mol. The van der Waals surface area contributed by atoms with Gasteiger partial charge in [0.1, 0.15) is 12.1 Å². The number of halogens is 3. The number of benzene rings is 2. The third kappa shape index (κ3) is 7.58. The van der Waals surface area contributed by atoms with E-state index in [-0.39, 0.29) is 17.4 Å². The number of aromatic nitrogens is 2. The average molecular weight is 515 g/mol. The van der Waals surface area contributed by atoms with Gasteiger partial charge in [0, 0.05) is 29.8 Å². The highest BCUT2D eigenvalue weighted by atomic mass is 19.4. The molecule has 0 radical (unpaired) electrons. The number of alkyl halides is 3. The van der Waals surface area contributed by atoms with Crippen molar-refractivity contribution in [2.75, 3.05) is 25.6 Å². The summed E-state index contributed by atoms with van der Waals surface area (Å²) in [5.41, 5.74) is 1.99. The van der Waals surface area contributed by atoms with Crippen LogP contribution in [0.2, 0.25) is 0 Å². The fourth-order valence-corrected chi connectivity index (χ4v) is 4.28. The van der Waals surface area contributed by atoms with Crippen molar-refractivity contribution < 1.29 is 27.4 Å². The fourth-order valence-electron chi connectivity index (χ4n) is 4.28. The lowest BCUT2D eigenvalue weighted by Crippen LogP contribution is -2.28. The molecular weight excluding hydrogens is 485 g/mol. The van der Waals surface area contributed by atoms with Gasteiger partial charge in [-0.25, -0.2) is 9.97 Å². The molecule has 1 aliphatic rings. The minimum atomic E-state index is -4.47. The van der Waals surface area contributed by atoms with E-state index < -0.39 is 12.8 Å². The van der Waals surface area contributed by atoms with Gasteiger partial charge in [-0.15, -0.1) is 0 Å². The molecule has 7 nitrogen and oxygen atoms in total. The molecule has 3 aromatic rings. The summed E-state index contributed by atoms with van der Waals surface area (Å²) in [4.78, 5) is 20.6. The van der Waals surface area contributed by atoms with E-state index in [1.165, 1.54) is 63.7 Å². The molecule has 1 fully saturated rings. The number of amides is 1. The lowest BCUT2D eigenvalue weighted by atomic mass is 9.89. The number of carbonyl (C=O) groups is 1. The van der Waals surface area contributed by atoms with Crippen LogP contribution in [0.15, 0.2) is 48.8 Å². The number of methoxy groups -OCH3 is 1. The molecule has 0 bridgehead atoms. The van der Waals surface area contributed by atoms with Crippen LogP contribution in [0.3, 0.4) is 0 Å². The van der Waals surface area contributed by atoms with Crippen molar-refractivity contribution in [1.82, 2.24) is 15.3 Å². The number of hydrogen-bond donors (Lipinski definition) is 2. The Kier molecular flexibility index (Phi) is 8.47. The number of anilines is 2. The summed E-state index contributed by atoms with van der Waals surface area (Å²) in [5.74, 6) is 1.00. The summed E-state index contributed by atoms with van der Waals surface area (Å²) in [7, 11) is 1.35. The van der Waals surface area contributed by atoms with Gasteiger partial charge in [0.05, 0.1) is 12.6 Å². The second-order valence-electron chi connectivity index (χ2n) is 8.98. The second-order valence-corrected chi connectivity index (χ2v) is 8.98. The predicted molar refractivity (Wildman–Crippen MR) is 136 cm³/mol. The molecule has 1 saturated carbocycles. The van der Waals surface area contributed by atoms with Crippen molar-refractivity contribution in [3.8, 4) is 11.5 Å². The van der Waals surface area contributed by atoms with Gasteiger partial charge in [0.25, 0.3) is 0 Å². The molecule has 2 N–H and O–H groups in total. The zero-order valence-corrected chi connectivity index (χ0v) is 20.5. The van der Waals surface area contributed by atoms with Crippen molar-refractivity contribution >= 4 is 34.4 Å². The van der Waals surface area contributed by atoms with E-state index in [4.69, 9.17) is 9.47 Å². The largest absolute Gasteiger partial charge is 0.493 e. The molecule has 1 aliphatic carbocycles. The summed E-state index contributed by atoms with van der Waals surface area (Å²) in [6, 6.07) is 10.3. The lowest BCUT2D eigenvalue weighted by Gasteiger charge is -2.21. The first-order valence-corrected chi connectivity index (χ1v) is 12.2. The van der Waals surface area contributed by atoms with Crippen LogP contribution in [0.25, 0.3) is 17.0 Å². The normalized spacial score (nSPS) is 14.6. The van der Waals surface area contributed by atoms with Gasteiger partial charge >= 0.3 is 6.18 Å². The highest BCUT2D eigenvalue weighted by Gasteiger charge is 2.29. The predicted octanol–water partition coefficient (Wildman–Crippen LogP) is 6.03. The molecule has 0 saturated heterocycles. The molecule has 1 amide bonds. The van der Waals surface area contributed by atoms with Gasteiger partial charge in [-0.2, -0.15) is 13.2 Å². The fraction of sp³-hybridized carbons (Fsp3) is 0.370. The van der Waals surface area contributed by atoms with E-state index in [9.17, 15) is 18.0 Å². The Labute approximate surface area is 213 Å². The van der Waals surface area contributed by atoms with Gasteiger partial charge in [-0.05, 0) is 48.6 Å². The van der Waals surface area contributed by atoms with Crippen LogP contribution < -0.4 is 20.1 Å². The van der Waals surface area contributed by atoms with Crippen molar-refractivity contribution in [2.24, 2.45) is 5.92 Å². The van der Waals surface area contributed by atoms with E-state index >= 15 is 0 Å². The van der Waals surface area contributed by atoms with E-state index in [2.05, 4.69) is 20.6 Å². The van der Waals surface area contributed by atoms with Crippen LogP contribution in [0.1, 0.15) is 37.7 Å². The second kappa shape index (κ2) is 11.9. The maximum Gasteiger partial charge on any atom is 0.422 e. The third-order valence-electron chi connectivity index (χ3n) is 6.20. The Balaban J connectivity index is 1.41. The summed E-state index contributed by atoms with van der Waals surface area (Å²) in [6.45, 7) is -0.715. The van der Waals surface area contributed by atoms with Gasteiger partial charge in [-0.1, -0.05) is 31.4 Å². The van der Waals surface area contributed by atoms with Crippen LogP contribution >= 0.6 is 0 Å². The average Bonchev–Trinajstić information content (AvgIpc) is 2.90. The molecular formula is C27H29F3N4O3. The highest BCUT2D eigenvalue weighted by molar-refractivity contribution is 5.93. The topological polar surface area (TPSA) is 85.4 Å². The van der Waals surface area contributed by atoms with Gasteiger partial charge < -0.3 is 20.1 Å². The first-order chi connectivity index (χ1) is 17.8. The minimum absolute atomic E-state index is 0.0594. The molecule has 0 atom stereocenters. The number of nitrogens with one attached hydrogen (secondary N) is 2. The van der Waals surface area contributed by atoms with Crippen molar-refractivity contribution in [2.45, 2.75) is 38.3 Å². The summed E-state index contributed by atoms with van der Waals surface area (Å²) in [5, 5.41) is 6.73. The molecule has 0 aliphatic heterocycles. The van der Waals surface area contributed by atoms with Crippen LogP contribution in [-0.4, -0.2) is 42.3 Å². The zero-order chi connectivity index (χ0) is 26.3. The smallest absolute Gasteiger partial charge is 0.422 e. The minimum Gasteiger partial charge on any atom is -0.493 e. The van der Waals surface area contributed by atoms with Gasteiger partial charge in [0.2, 0.25) is 5.91 Å². The van der Waals surface area contributed by atoms with Crippen molar-refractivity contribution in [3.05, 3.63) is 54.4 Å². The molecule has 1 heterocycles. The van der Waals surface area contributed by atoms with E-state index in [1.54, 1.807) is 6.08 Å². The van der Waals surface area contributed by atoms with Crippen LogP contribution in [-0.2, 0) is 4.79 Å². The van der Waals surface area contributed by atoms with Crippen molar-refractivity contribution in [1.29, 1.82) is 0 Å². The number of carbonyl (C=O) groups excluding carboxylic acids is 1. The first kappa shape index (κ1) is 26.2.